The van der Waals surface area contributed by atoms with E-state index >= 15 is 0 Å². The summed E-state index contributed by atoms with van der Waals surface area (Å²) in [5, 5.41) is 6.13. The van der Waals surface area contributed by atoms with Gasteiger partial charge >= 0.3 is 0 Å². The summed E-state index contributed by atoms with van der Waals surface area (Å²) in [5.74, 6) is 0.864. The molecule has 2 atom stereocenters. The van der Waals surface area contributed by atoms with E-state index in [1.165, 1.54) is 0 Å². The molecule has 0 bridgehead atoms. The Hall–Kier alpha value is -1.15. The van der Waals surface area contributed by atoms with Crippen LogP contribution in [0.5, 0.6) is 0 Å². The molecule has 0 aliphatic carbocycles. The van der Waals surface area contributed by atoms with Gasteiger partial charge in [0.2, 0.25) is 15.9 Å². The van der Waals surface area contributed by atoms with Crippen LogP contribution in [-0.2, 0) is 21.4 Å². The van der Waals surface area contributed by atoms with Crippen LogP contribution in [0.3, 0.4) is 0 Å². The minimum Gasteiger partial charge on any atom is -0.352 e. The smallest absolute Gasteiger partial charge is 0.243 e. The number of amides is 1. The predicted octanol–water partition coefficient (Wildman–Crippen LogP) is 2.00. The topological polar surface area (TPSA) is 78.5 Å². The van der Waals surface area contributed by atoms with Crippen LogP contribution in [0.4, 0.5) is 0 Å². The van der Waals surface area contributed by atoms with Gasteiger partial charge in [0.25, 0.3) is 0 Å². The highest BCUT2D eigenvalue weighted by Crippen LogP contribution is 2.23. The van der Waals surface area contributed by atoms with Crippen molar-refractivity contribution < 1.29 is 13.2 Å². The maximum Gasteiger partial charge on any atom is 0.243 e. The number of carbonyl (C=O) groups excluding carboxylic acids is 1. The number of hydrogen-bond acceptors (Lipinski definition) is 4. The molecule has 3 rings (SSSR count). The fourth-order valence-electron chi connectivity index (χ4n) is 3.52. The molecule has 1 aromatic rings. The van der Waals surface area contributed by atoms with Crippen LogP contribution in [0.1, 0.15) is 32.3 Å². The molecule has 2 unspecified atom stereocenters. The number of nitrogens with one attached hydrogen (secondary N) is 2. The van der Waals surface area contributed by atoms with Gasteiger partial charge in [-0.15, -0.1) is 12.4 Å². The number of hydrogen-bond donors (Lipinski definition) is 2. The minimum absolute atomic E-state index is 0. The van der Waals surface area contributed by atoms with Crippen molar-refractivity contribution in [3.63, 3.8) is 0 Å². The van der Waals surface area contributed by atoms with Crippen LogP contribution >= 0.6 is 12.4 Å². The summed E-state index contributed by atoms with van der Waals surface area (Å²) in [6.45, 7) is 7.45. The van der Waals surface area contributed by atoms with Crippen molar-refractivity contribution in [3.05, 3.63) is 29.8 Å². The van der Waals surface area contributed by atoms with Gasteiger partial charge in [-0.1, -0.05) is 26.0 Å². The number of halogens is 1. The molecule has 2 N–H and O–H groups in total. The fourth-order valence-corrected chi connectivity index (χ4v) is 5.12. The Bertz CT molecular complexity index is 735. The van der Waals surface area contributed by atoms with Gasteiger partial charge in [-0.25, -0.2) is 8.42 Å². The summed E-state index contributed by atoms with van der Waals surface area (Å²) in [7, 11) is -3.42. The lowest BCUT2D eigenvalue weighted by Crippen LogP contribution is -2.49. The van der Waals surface area contributed by atoms with Crippen LogP contribution < -0.4 is 10.6 Å². The molecule has 0 spiro atoms. The molecular weight excluding hydrogens is 386 g/mol. The van der Waals surface area contributed by atoms with E-state index in [-0.39, 0.29) is 24.2 Å². The maximum atomic E-state index is 12.8. The Morgan fingerprint density at radius 2 is 1.96 bits per heavy atom. The quantitative estimate of drug-likeness (QED) is 0.744. The normalized spacial score (nSPS) is 22.4. The zero-order chi connectivity index (χ0) is 18.7. The first-order chi connectivity index (χ1) is 12.4. The van der Waals surface area contributed by atoms with E-state index in [9.17, 15) is 13.2 Å². The Morgan fingerprint density at radius 3 is 2.52 bits per heavy atom. The van der Waals surface area contributed by atoms with E-state index in [1.54, 1.807) is 28.6 Å². The number of carbonyl (C=O) groups is 1. The largest absolute Gasteiger partial charge is 0.352 e. The average molecular weight is 416 g/mol. The van der Waals surface area contributed by atoms with Crippen molar-refractivity contribution in [1.82, 2.24) is 14.9 Å². The number of benzene rings is 1. The van der Waals surface area contributed by atoms with Gasteiger partial charge in [0.1, 0.15) is 0 Å². The number of sulfonamides is 1. The van der Waals surface area contributed by atoms with E-state index in [0.717, 1.165) is 31.5 Å². The van der Waals surface area contributed by atoms with Crippen LogP contribution in [0, 0.1) is 17.8 Å². The summed E-state index contributed by atoms with van der Waals surface area (Å²) in [5.41, 5.74) is 0.906. The molecular formula is C19H30ClN3O3S. The van der Waals surface area contributed by atoms with Crippen LogP contribution in [-0.4, -0.2) is 44.8 Å². The van der Waals surface area contributed by atoms with Crippen molar-refractivity contribution >= 4 is 28.3 Å². The molecule has 0 aromatic heterocycles. The Morgan fingerprint density at radius 1 is 1.30 bits per heavy atom. The summed E-state index contributed by atoms with van der Waals surface area (Å²) in [4.78, 5) is 12.5. The predicted molar refractivity (Wildman–Crippen MR) is 108 cm³/mol. The van der Waals surface area contributed by atoms with Crippen molar-refractivity contribution in [2.24, 2.45) is 17.8 Å². The van der Waals surface area contributed by atoms with Gasteiger partial charge < -0.3 is 10.6 Å². The number of rotatable bonds is 6. The summed E-state index contributed by atoms with van der Waals surface area (Å²) in [6, 6.07) is 6.87. The Labute approximate surface area is 168 Å². The van der Waals surface area contributed by atoms with Crippen molar-refractivity contribution in [2.75, 3.05) is 26.2 Å². The summed E-state index contributed by atoms with van der Waals surface area (Å²) >= 11 is 0. The highest BCUT2D eigenvalue weighted by atomic mass is 35.5. The number of piperidine rings is 1. The lowest BCUT2D eigenvalue weighted by Gasteiger charge is -2.31. The average Bonchev–Trinajstić information content (AvgIpc) is 2.58. The molecule has 0 radical (unpaired) electrons. The first-order valence-corrected chi connectivity index (χ1v) is 10.9. The molecule has 2 aliphatic heterocycles. The summed E-state index contributed by atoms with van der Waals surface area (Å²) in [6.07, 6.45) is 2.00. The van der Waals surface area contributed by atoms with Crippen molar-refractivity contribution in [3.8, 4) is 0 Å². The molecule has 6 nitrogen and oxygen atoms in total. The molecule has 152 valence electrons. The molecule has 27 heavy (non-hydrogen) atoms. The third-order valence-corrected chi connectivity index (χ3v) is 7.46. The van der Waals surface area contributed by atoms with Gasteiger partial charge in [-0.2, -0.15) is 4.31 Å². The Kier molecular flexibility index (Phi) is 7.68. The Balaban J connectivity index is 0.00000261. The second kappa shape index (κ2) is 9.37. The molecule has 2 heterocycles. The highest BCUT2D eigenvalue weighted by molar-refractivity contribution is 7.89. The first-order valence-electron chi connectivity index (χ1n) is 9.45. The fraction of sp³-hybridized carbons (Fsp3) is 0.632. The maximum absolute atomic E-state index is 12.8. The second-order valence-corrected chi connectivity index (χ2v) is 9.62. The van der Waals surface area contributed by atoms with Crippen molar-refractivity contribution in [2.45, 2.75) is 38.1 Å². The molecule has 1 amide bonds. The van der Waals surface area contributed by atoms with Gasteiger partial charge in [0, 0.05) is 25.6 Å². The SMILES string of the molecule is CC1CCCN(S(=O)(=O)c2ccc(CNC(=O)C(C)C3CNC3)cc2)C1.Cl. The van der Waals surface area contributed by atoms with Gasteiger partial charge in [0.05, 0.1) is 4.90 Å². The first kappa shape index (κ1) is 22.1. The monoisotopic (exact) mass is 415 g/mol. The molecule has 2 fully saturated rings. The minimum atomic E-state index is -3.42. The highest BCUT2D eigenvalue weighted by Gasteiger charge is 2.29. The lowest BCUT2D eigenvalue weighted by atomic mass is 9.88. The standard InChI is InChI=1S/C19H29N3O3S.ClH/c1-14-4-3-9-22(13-14)26(24,25)18-7-5-16(6-8-18)10-21-19(23)15(2)17-11-20-12-17;/h5-8,14-15,17,20H,3-4,9-13H2,1-2H3,(H,21,23);1H. The third kappa shape index (κ3) is 5.22. The van der Waals surface area contributed by atoms with Crippen LogP contribution in [0.2, 0.25) is 0 Å². The van der Waals surface area contributed by atoms with Gasteiger partial charge in [-0.05, 0) is 55.5 Å². The molecule has 2 aliphatic rings. The van der Waals surface area contributed by atoms with E-state index < -0.39 is 10.0 Å². The van der Waals surface area contributed by atoms with E-state index in [2.05, 4.69) is 17.6 Å². The second-order valence-electron chi connectivity index (χ2n) is 7.68. The van der Waals surface area contributed by atoms with Crippen LogP contribution in [0.15, 0.2) is 29.2 Å². The molecule has 2 saturated heterocycles. The van der Waals surface area contributed by atoms with E-state index in [0.29, 0.717) is 36.4 Å². The molecule has 0 saturated carbocycles. The van der Waals surface area contributed by atoms with E-state index in [4.69, 9.17) is 0 Å². The number of nitrogens with zero attached hydrogens (tertiary/aromatic N) is 1. The zero-order valence-corrected chi connectivity index (χ0v) is 17.6. The zero-order valence-electron chi connectivity index (χ0n) is 16.0. The van der Waals surface area contributed by atoms with Crippen LogP contribution in [0.25, 0.3) is 0 Å². The third-order valence-electron chi connectivity index (χ3n) is 5.58. The lowest BCUT2D eigenvalue weighted by molar-refractivity contribution is -0.126. The van der Waals surface area contributed by atoms with Gasteiger partial charge in [-0.3, -0.25) is 4.79 Å². The summed E-state index contributed by atoms with van der Waals surface area (Å²) < 4.78 is 27.1. The van der Waals surface area contributed by atoms with E-state index in [1.807, 2.05) is 6.92 Å². The molecule has 1 aromatic carbocycles. The van der Waals surface area contributed by atoms with Gasteiger partial charge in [0.15, 0.2) is 0 Å². The molecule has 8 heteroatoms. The van der Waals surface area contributed by atoms with Crippen molar-refractivity contribution in [1.29, 1.82) is 0 Å².